The summed E-state index contributed by atoms with van der Waals surface area (Å²) >= 11 is 1.12. The fourth-order valence-electron chi connectivity index (χ4n) is 7.06. The van der Waals surface area contributed by atoms with Gasteiger partial charge in [0.25, 0.3) is 5.91 Å². The highest BCUT2D eigenvalue weighted by Gasteiger charge is 2.39. The van der Waals surface area contributed by atoms with Gasteiger partial charge in [-0.15, -0.1) is 11.3 Å². The first-order valence-corrected chi connectivity index (χ1v) is 21.1. The number of amides is 3. The van der Waals surface area contributed by atoms with E-state index in [2.05, 4.69) is 15.6 Å². The van der Waals surface area contributed by atoms with Crippen molar-refractivity contribution in [3.8, 4) is 0 Å². The Bertz CT molecular complexity index is 1640. The van der Waals surface area contributed by atoms with Crippen molar-refractivity contribution < 1.29 is 43.3 Å². The van der Waals surface area contributed by atoms with Gasteiger partial charge in [0, 0.05) is 37.2 Å². The molecule has 1 fully saturated rings. The van der Waals surface area contributed by atoms with Crippen molar-refractivity contribution in [2.24, 2.45) is 17.8 Å². The van der Waals surface area contributed by atoms with Gasteiger partial charge in [-0.1, -0.05) is 84.7 Å². The van der Waals surface area contributed by atoms with Crippen LogP contribution in [0.1, 0.15) is 127 Å². The van der Waals surface area contributed by atoms with E-state index in [1.807, 2.05) is 76.9 Å². The van der Waals surface area contributed by atoms with Crippen molar-refractivity contribution in [1.82, 2.24) is 25.4 Å². The number of ether oxygens (including phenoxy) is 2. The summed E-state index contributed by atoms with van der Waals surface area (Å²) in [4.78, 5) is 87.0. The Morgan fingerprint density at radius 1 is 1.02 bits per heavy atom. The number of aromatic nitrogens is 1. The van der Waals surface area contributed by atoms with E-state index >= 15 is 0 Å². The molecule has 0 unspecified atom stereocenters. The maximum absolute atomic E-state index is 14.7. The molecular formula is C42H63N5O9S. The Morgan fingerprint density at radius 2 is 1.72 bits per heavy atom. The van der Waals surface area contributed by atoms with Crippen LogP contribution in [-0.2, 0) is 39.9 Å². The van der Waals surface area contributed by atoms with Crippen molar-refractivity contribution in [3.05, 3.63) is 52.0 Å². The standard InChI is InChI=1S/C42H63N5O9S/c1-9-16-36(49)55-25-47(41(52)37(27(5)10-2)45-39(51)33-19-14-15-20-46(33)8)34(26(3)4)23-35(56-29(7)48)40-44-32(24-57-40)38(50)43-31(21-28(6)42(53)54)22-30-17-12-11-13-18-30/h11-13,17-18,24,26-28,31,33-35,37H,9-10,14-16,19-23,25H2,1-8H3,(H,43,50)(H,45,51)(H,53,54)/t27-,28-,31+,33+,34+,35+,37-/m0/s1. The summed E-state index contributed by atoms with van der Waals surface area (Å²) in [6, 6.07) is 7.01. The highest BCUT2D eigenvalue weighted by molar-refractivity contribution is 7.09. The lowest BCUT2D eigenvalue weighted by Gasteiger charge is -2.39. The SMILES string of the molecule is CCCC(=O)OCN(C(=O)[C@@H](NC(=O)[C@H]1CCCCN1C)[C@@H](C)CC)[C@H](C[C@@H](OC(C)=O)c1nc(C(=O)N[C@@H](Cc2ccccc2)C[C@H](C)C(=O)O)cs1)C(C)C. The minimum atomic E-state index is -0.984. The van der Waals surface area contributed by atoms with E-state index in [-0.39, 0.29) is 55.5 Å². The van der Waals surface area contributed by atoms with Gasteiger partial charge < -0.3 is 30.1 Å². The second-order valence-electron chi connectivity index (χ2n) is 15.6. The van der Waals surface area contributed by atoms with E-state index in [4.69, 9.17) is 9.47 Å². The van der Waals surface area contributed by atoms with Gasteiger partial charge in [-0.05, 0) is 63.1 Å². The van der Waals surface area contributed by atoms with Crippen molar-refractivity contribution in [2.45, 2.75) is 137 Å². The van der Waals surface area contributed by atoms with E-state index in [0.717, 1.165) is 36.3 Å². The fourth-order valence-corrected chi connectivity index (χ4v) is 7.89. The van der Waals surface area contributed by atoms with Crippen LogP contribution >= 0.6 is 11.3 Å². The summed E-state index contributed by atoms with van der Waals surface area (Å²) in [6.45, 7) is 12.8. The first-order valence-electron chi connectivity index (χ1n) is 20.2. The first kappa shape index (κ1) is 47.0. The molecule has 7 atom stereocenters. The third-order valence-electron chi connectivity index (χ3n) is 10.6. The molecule has 1 aromatic heterocycles. The number of nitrogens with one attached hydrogen (secondary N) is 2. The van der Waals surface area contributed by atoms with Crippen LogP contribution in [0.15, 0.2) is 35.7 Å². The molecule has 1 saturated heterocycles. The number of aliphatic carboxylic acids is 1. The molecule has 1 aliphatic heterocycles. The van der Waals surface area contributed by atoms with Gasteiger partial charge in [-0.2, -0.15) is 0 Å². The third-order valence-corrected chi connectivity index (χ3v) is 11.6. The Morgan fingerprint density at radius 3 is 2.32 bits per heavy atom. The van der Waals surface area contributed by atoms with Gasteiger partial charge in [0.15, 0.2) is 12.8 Å². The van der Waals surface area contributed by atoms with Crippen LogP contribution in [0.4, 0.5) is 0 Å². The predicted molar refractivity (Wildman–Crippen MR) is 217 cm³/mol. The Hall–Kier alpha value is -4.37. The Balaban J connectivity index is 1.95. The average molecular weight is 814 g/mol. The Kier molecular flexibility index (Phi) is 19.1. The van der Waals surface area contributed by atoms with Crippen LogP contribution in [0.3, 0.4) is 0 Å². The van der Waals surface area contributed by atoms with Gasteiger partial charge in [0.2, 0.25) is 11.8 Å². The van der Waals surface area contributed by atoms with Gasteiger partial charge in [0.1, 0.15) is 16.7 Å². The lowest BCUT2D eigenvalue weighted by Crippen LogP contribution is -2.59. The van der Waals surface area contributed by atoms with Crippen molar-refractivity contribution >= 4 is 47.0 Å². The predicted octanol–water partition coefficient (Wildman–Crippen LogP) is 5.76. The van der Waals surface area contributed by atoms with Crippen molar-refractivity contribution in [2.75, 3.05) is 20.3 Å². The van der Waals surface area contributed by atoms with E-state index in [1.54, 1.807) is 12.3 Å². The van der Waals surface area contributed by atoms with Gasteiger partial charge >= 0.3 is 17.9 Å². The van der Waals surface area contributed by atoms with Gasteiger partial charge in [0.05, 0.1) is 12.0 Å². The molecule has 57 heavy (non-hydrogen) atoms. The van der Waals surface area contributed by atoms with Crippen LogP contribution in [-0.4, -0.2) is 100 Å². The molecule has 3 amide bonds. The quantitative estimate of drug-likeness (QED) is 0.0971. The number of nitrogens with zero attached hydrogens (tertiary/aromatic N) is 3. The normalized spacial score (nSPS) is 17.7. The summed E-state index contributed by atoms with van der Waals surface area (Å²) in [6.07, 6.45) is 3.59. The highest BCUT2D eigenvalue weighted by atomic mass is 32.1. The summed E-state index contributed by atoms with van der Waals surface area (Å²) in [7, 11) is 1.91. The molecule has 15 heteroatoms. The summed E-state index contributed by atoms with van der Waals surface area (Å²) < 4.78 is 11.5. The van der Waals surface area contributed by atoms with E-state index < -0.39 is 59.9 Å². The molecule has 316 valence electrons. The van der Waals surface area contributed by atoms with Crippen molar-refractivity contribution in [1.29, 1.82) is 0 Å². The number of thiazole rings is 1. The zero-order valence-electron chi connectivity index (χ0n) is 34.8. The molecule has 0 aliphatic carbocycles. The van der Waals surface area contributed by atoms with Crippen LogP contribution in [0.5, 0.6) is 0 Å². The third kappa shape index (κ3) is 14.5. The number of carboxylic acids is 1. The van der Waals surface area contributed by atoms with Crippen LogP contribution < -0.4 is 10.6 Å². The van der Waals surface area contributed by atoms with Crippen LogP contribution in [0.2, 0.25) is 0 Å². The summed E-state index contributed by atoms with van der Waals surface area (Å²) in [5, 5.41) is 17.5. The van der Waals surface area contributed by atoms with Crippen molar-refractivity contribution in [3.63, 3.8) is 0 Å². The number of esters is 2. The van der Waals surface area contributed by atoms with Gasteiger partial charge in [-0.3, -0.25) is 33.7 Å². The summed E-state index contributed by atoms with van der Waals surface area (Å²) in [5.41, 5.74) is 1.01. The number of rotatable bonds is 22. The number of hydrogen-bond donors (Lipinski definition) is 3. The zero-order valence-corrected chi connectivity index (χ0v) is 35.6. The number of piperidine rings is 1. The number of carboxylic acid groups (broad SMARTS) is 1. The number of carbonyl (C=O) groups is 6. The monoisotopic (exact) mass is 813 g/mol. The molecule has 1 aromatic carbocycles. The number of likely N-dealkylation sites (N-methyl/N-ethyl adjacent to an activating group) is 1. The smallest absolute Gasteiger partial charge is 0.307 e. The largest absolute Gasteiger partial charge is 0.481 e. The molecular weight excluding hydrogens is 751 g/mol. The van der Waals surface area contributed by atoms with Crippen LogP contribution in [0, 0.1) is 17.8 Å². The molecule has 0 spiro atoms. The van der Waals surface area contributed by atoms with E-state index in [1.165, 1.54) is 11.8 Å². The van der Waals surface area contributed by atoms with Gasteiger partial charge in [-0.25, -0.2) is 4.98 Å². The Labute approximate surface area is 341 Å². The number of hydrogen-bond acceptors (Lipinski definition) is 11. The maximum atomic E-state index is 14.7. The summed E-state index contributed by atoms with van der Waals surface area (Å²) in [5.74, 6) is -4.39. The lowest BCUT2D eigenvalue weighted by atomic mass is 9.92. The molecule has 3 rings (SSSR count). The molecule has 3 N–H and O–H groups in total. The van der Waals surface area contributed by atoms with E-state index in [0.29, 0.717) is 30.7 Å². The second kappa shape index (κ2) is 23.1. The second-order valence-corrected chi connectivity index (χ2v) is 16.5. The van der Waals surface area contributed by atoms with Crippen LogP contribution in [0.25, 0.3) is 0 Å². The molecule has 14 nitrogen and oxygen atoms in total. The molecule has 0 bridgehead atoms. The molecule has 2 heterocycles. The molecule has 0 saturated carbocycles. The molecule has 2 aromatic rings. The fraction of sp³-hybridized carbons (Fsp3) is 0.643. The minimum Gasteiger partial charge on any atom is -0.481 e. The first-order chi connectivity index (χ1) is 27.1. The zero-order chi connectivity index (χ0) is 42.2. The maximum Gasteiger partial charge on any atom is 0.307 e. The molecule has 1 aliphatic rings. The number of carbonyl (C=O) groups excluding carboxylic acids is 5. The highest BCUT2D eigenvalue weighted by Crippen LogP contribution is 2.32. The number of likely N-dealkylation sites (tertiary alicyclic amines) is 1. The minimum absolute atomic E-state index is 0.0577. The lowest BCUT2D eigenvalue weighted by molar-refractivity contribution is -0.160. The average Bonchev–Trinajstić information content (AvgIpc) is 3.67. The molecule has 0 radical (unpaired) electrons. The number of benzene rings is 1. The topological polar surface area (TPSA) is 185 Å². The van der Waals surface area contributed by atoms with E-state index in [9.17, 15) is 33.9 Å².